The molecule has 0 aromatic rings. The van der Waals surface area contributed by atoms with E-state index >= 15 is 0 Å². The molecule has 1 N–H and O–H groups in total. The number of nitrogens with one attached hydrogen (secondary N) is 1. The van der Waals surface area contributed by atoms with Crippen molar-refractivity contribution in [2.75, 3.05) is 0 Å². The van der Waals surface area contributed by atoms with E-state index in [0.29, 0.717) is 12.8 Å². The van der Waals surface area contributed by atoms with E-state index < -0.39 is 12.2 Å². The predicted octanol–water partition coefficient (Wildman–Crippen LogP) is 3.10. The van der Waals surface area contributed by atoms with Gasteiger partial charge < -0.3 is 5.32 Å². The third-order valence-corrected chi connectivity index (χ3v) is 3.15. The van der Waals surface area contributed by atoms with Crippen LogP contribution in [0.15, 0.2) is 24.1 Å². The van der Waals surface area contributed by atoms with Crippen LogP contribution in [0.3, 0.4) is 0 Å². The molecule has 1 saturated heterocycles. The fourth-order valence-corrected chi connectivity index (χ4v) is 2.31. The van der Waals surface area contributed by atoms with Crippen molar-refractivity contribution < 1.29 is 17.6 Å². The van der Waals surface area contributed by atoms with Crippen molar-refractivity contribution in [1.82, 2.24) is 5.32 Å². The van der Waals surface area contributed by atoms with Crippen LogP contribution in [0.5, 0.6) is 0 Å². The highest BCUT2D eigenvalue weighted by atomic mass is 19.4. The monoisotopic (exact) mass is 235 g/mol. The van der Waals surface area contributed by atoms with E-state index in [1.165, 1.54) is 12.2 Å². The molecule has 90 valence electrons. The van der Waals surface area contributed by atoms with Crippen molar-refractivity contribution in [3.63, 3.8) is 0 Å². The largest absolute Gasteiger partial charge is 0.403 e. The molecule has 0 spiro atoms. The summed E-state index contributed by atoms with van der Waals surface area (Å²) in [5.74, 6) is -0.508. The van der Waals surface area contributed by atoms with Crippen LogP contribution in [-0.2, 0) is 0 Å². The van der Waals surface area contributed by atoms with Crippen molar-refractivity contribution in [2.24, 2.45) is 5.92 Å². The van der Waals surface area contributed by atoms with Gasteiger partial charge in [0.1, 0.15) is 11.9 Å². The van der Waals surface area contributed by atoms with Crippen LogP contribution in [0.1, 0.15) is 19.3 Å². The number of rotatable bonds is 1. The van der Waals surface area contributed by atoms with E-state index in [2.05, 4.69) is 5.32 Å². The SMILES string of the molecule is FC1=CC([C@@H]2CC[C@H](C(F)(F)F)N2)CC=C1. The molecular formula is C11H13F4N. The number of halogens is 4. The average molecular weight is 235 g/mol. The van der Waals surface area contributed by atoms with Crippen molar-refractivity contribution in [2.45, 2.75) is 37.5 Å². The molecule has 0 amide bonds. The molecular weight excluding hydrogens is 222 g/mol. The summed E-state index contributed by atoms with van der Waals surface area (Å²) in [6.07, 6.45) is 1.39. The topological polar surface area (TPSA) is 12.0 Å². The number of alkyl halides is 3. The van der Waals surface area contributed by atoms with E-state index in [-0.39, 0.29) is 24.2 Å². The van der Waals surface area contributed by atoms with Gasteiger partial charge in [-0.25, -0.2) is 4.39 Å². The predicted molar refractivity (Wildman–Crippen MR) is 52.4 cm³/mol. The molecule has 0 saturated carbocycles. The van der Waals surface area contributed by atoms with Gasteiger partial charge in [0.2, 0.25) is 0 Å². The maximum absolute atomic E-state index is 12.9. The van der Waals surface area contributed by atoms with Crippen LogP contribution in [0.25, 0.3) is 0 Å². The smallest absolute Gasteiger partial charge is 0.303 e. The summed E-state index contributed by atoms with van der Waals surface area (Å²) < 4.78 is 50.2. The normalized spacial score (nSPS) is 35.2. The molecule has 0 bridgehead atoms. The lowest BCUT2D eigenvalue weighted by molar-refractivity contribution is -0.152. The van der Waals surface area contributed by atoms with Crippen LogP contribution >= 0.6 is 0 Å². The molecule has 1 aliphatic carbocycles. The van der Waals surface area contributed by atoms with E-state index in [1.807, 2.05) is 0 Å². The molecule has 0 aromatic heterocycles. The Balaban J connectivity index is 1.97. The minimum absolute atomic E-state index is 0.0871. The highest BCUT2D eigenvalue weighted by molar-refractivity contribution is 5.19. The Morgan fingerprint density at radius 1 is 1.25 bits per heavy atom. The number of hydrogen-bond acceptors (Lipinski definition) is 1. The molecule has 1 unspecified atom stereocenters. The van der Waals surface area contributed by atoms with Crippen molar-refractivity contribution in [1.29, 1.82) is 0 Å². The van der Waals surface area contributed by atoms with Gasteiger partial charge in [0, 0.05) is 6.04 Å². The highest BCUT2D eigenvalue weighted by Gasteiger charge is 2.45. The summed E-state index contributed by atoms with van der Waals surface area (Å²) >= 11 is 0. The zero-order valence-corrected chi connectivity index (χ0v) is 8.60. The third-order valence-electron chi connectivity index (χ3n) is 3.15. The molecule has 5 heteroatoms. The van der Waals surface area contributed by atoms with Crippen molar-refractivity contribution in [3.8, 4) is 0 Å². The van der Waals surface area contributed by atoms with Gasteiger partial charge in [0.25, 0.3) is 0 Å². The Morgan fingerprint density at radius 2 is 2.00 bits per heavy atom. The van der Waals surface area contributed by atoms with E-state index in [9.17, 15) is 17.6 Å². The van der Waals surface area contributed by atoms with Gasteiger partial charge in [-0.3, -0.25) is 0 Å². The third kappa shape index (κ3) is 2.45. The first-order valence-electron chi connectivity index (χ1n) is 5.33. The molecule has 1 heterocycles. The molecule has 1 aliphatic heterocycles. The van der Waals surface area contributed by atoms with Gasteiger partial charge in [0.15, 0.2) is 0 Å². The van der Waals surface area contributed by atoms with Gasteiger partial charge in [-0.1, -0.05) is 6.08 Å². The first-order chi connectivity index (χ1) is 7.47. The minimum Gasteiger partial charge on any atom is -0.303 e. The van der Waals surface area contributed by atoms with Crippen molar-refractivity contribution in [3.05, 3.63) is 24.1 Å². The standard InChI is InChI=1S/C11H13F4N/c12-8-3-1-2-7(6-8)9-4-5-10(16-9)11(13,14)15/h1,3,6-7,9-10,16H,2,4-5H2/t7?,9-,10+/m0/s1. The number of hydrogen-bond donors (Lipinski definition) is 1. The fourth-order valence-electron chi connectivity index (χ4n) is 2.31. The Labute approximate surface area is 91.2 Å². The summed E-state index contributed by atoms with van der Waals surface area (Å²) in [6.45, 7) is 0. The van der Waals surface area contributed by atoms with Gasteiger partial charge in [-0.05, 0) is 37.3 Å². The van der Waals surface area contributed by atoms with Gasteiger partial charge in [-0.2, -0.15) is 13.2 Å². The summed E-state index contributed by atoms with van der Waals surface area (Å²) in [5, 5.41) is 2.55. The second-order valence-corrected chi connectivity index (χ2v) is 4.30. The van der Waals surface area contributed by atoms with Crippen LogP contribution in [0.4, 0.5) is 17.6 Å². The lowest BCUT2D eigenvalue weighted by Gasteiger charge is -2.23. The molecule has 0 aromatic carbocycles. The quantitative estimate of drug-likeness (QED) is 0.688. The summed E-state index contributed by atoms with van der Waals surface area (Å²) in [4.78, 5) is 0. The Kier molecular flexibility index (Phi) is 3.06. The Morgan fingerprint density at radius 3 is 2.56 bits per heavy atom. The Bertz CT molecular complexity index is 318. The van der Waals surface area contributed by atoms with Gasteiger partial charge >= 0.3 is 6.18 Å². The molecule has 2 rings (SSSR count). The fraction of sp³-hybridized carbons (Fsp3) is 0.636. The molecule has 2 aliphatic rings. The lowest BCUT2D eigenvalue weighted by Crippen LogP contribution is -2.42. The Hall–Kier alpha value is -0.840. The lowest BCUT2D eigenvalue weighted by atomic mass is 9.91. The first kappa shape index (κ1) is 11.6. The maximum Gasteiger partial charge on any atom is 0.403 e. The first-order valence-corrected chi connectivity index (χ1v) is 5.33. The maximum atomic E-state index is 12.9. The van der Waals surface area contributed by atoms with Crippen LogP contribution in [-0.4, -0.2) is 18.3 Å². The highest BCUT2D eigenvalue weighted by Crippen LogP contribution is 2.33. The van der Waals surface area contributed by atoms with Crippen LogP contribution in [0.2, 0.25) is 0 Å². The van der Waals surface area contributed by atoms with Gasteiger partial charge in [-0.15, -0.1) is 0 Å². The molecule has 1 nitrogen and oxygen atoms in total. The zero-order chi connectivity index (χ0) is 11.8. The molecule has 16 heavy (non-hydrogen) atoms. The van der Waals surface area contributed by atoms with E-state index in [1.54, 1.807) is 6.08 Å². The van der Waals surface area contributed by atoms with E-state index in [0.717, 1.165) is 0 Å². The zero-order valence-electron chi connectivity index (χ0n) is 8.60. The number of allylic oxidation sites excluding steroid dienone is 3. The minimum atomic E-state index is -4.19. The van der Waals surface area contributed by atoms with Crippen LogP contribution < -0.4 is 5.32 Å². The molecule has 1 fully saturated rings. The van der Waals surface area contributed by atoms with Crippen molar-refractivity contribution >= 4 is 0 Å². The van der Waals surface area contributed by atoms with Gasteiger partial charge in [0.05, 0.1) is 0 Å². The molecule has 0 radical (unpaired) electrons. The van der Waals surface area contributed by atoms with Crippen LogP contribution in [0, 0.1) is 5.92 Å². The second kappa shape index (κ2) is 4.20. The second-order valence-electron chi connectivity index (χ2n) is 4.30. The van der Waals surface area contributed by atoms with E-state index in [4.69, 9.17) is 0 Å². The molecule has 3 atom stereocenters. The summed E-state index contributed by atoms with van der Waals surface area (Å²) in [6, 6.07) is -1.69. The summed E-state index contributed by atoms with van der Waals surface area (Å²) in [5.41, 5.74) is 0. The summed E-state index contributed by atoms with van der Waals surface area (Å²) in [7, 11) is 0. The average Bonchev–Trinajstić information content (AvgIpc) is 2.65.